The SMILES string of the molecule is CC.CC.COc1ccc(Oc2ccc(S(=O)(=O)c3ccc(-c4ccc(S(=O)(=O)c5ccc(C)cc5)cc4)cc3)cc2)cc1. The molecule has 5 rings (SSSR count). The predicted octanol–water partition coefficient (Wildman–Crippen LogP) is 9.18. The topological polar surface area (TPSA) is 86.7 Å². The standard InChI is InChI=1S/C32H26O6S2.2C2H6/c1-23-3-15-29(16-4-23)39(33,34)30-17-5-24(6-18-30)25-7-19-31(20-8-25)40(35,36)32-21-13-28(14-22-32)38-27-11-9-26(37-2)10-12-27;2*1-2/h3-22H,1-2H3;2*1-2H3. The number of rotatable bonds is 8. The normalized spacial score (nSPS) is 10.9. The minimum absolute atomic E-state index is 0.146. The summed E-state index contributed by atoms with van der Waals surface area (Å²) < 4.78 is 63.2. The summed E-state index contributed by atoms with van der Waals surface area (Å²) in [5, 5.41) is 0. The summed E-state index contributed by atoms with van der Waals surface area (Å²) in [6.07, 6.45) is 0. The molecule has 0 aromatic heterocycles. The van der Waals surface area contributed by atoms with Crippen LogP contribution in [0.4, 0.5) is 0 Å². The first kappa shape index (κ1) is 34.1. The molecule has 0 amide bonds. The highest BCUT2D eigenvalue weighted by molar-refractivity contribution is 7.91. The molecule has 5 aromatic carbocycles. The van der Waals surface area contributed by atoms with Crippen molar-refractivity contribution in [1.29, 1.82) is 0 Å². The van der Waals surface area contributed by atoms with Crippen molar-refractivity contribution in [2.24, 2.45) is 0 Å². The molecule has 44 heavy (non-hydrogen) atoms. The van der Waals surface area contributed by atoms with Gasteiger partial charge in [0.1, 0.15) is 17.2 Å². The third kappa shape index (κ3) is 7.95. The maximum Gasteiger partial charge on any atom is 0.206 e. The Morgan fingerprint density at radius 2 is 0.682 bits per heavy atom. The molecule has 5 aromatic rings. The molecule has 230 valence electrons. The van der Waals surface area contributed by atoms with E-state index < -0.39 is 19.7 Å². The van der Waals surface area contributed by atoms with Crippen LogP contribution in [0.2, 0.25) is 0 Å². The van der Waals surface area contributed by atoms with Crippen LogP contribution in [0.5, 0.6) is 17.2 Å². The van der Waals surface area contributed by atoms with Crippen molar-refractivity contribution in [1.82, 2.24) is 0 Å². The number of methoxy groups -OCH3 is 1. The molecular weight excluding hydrogens is 593 g/mol. The monoisotopic (exact) mass is 630 g/mol. The van der Waals surface area contributed by atoms with Gasteiger partial charge in [-0.3, -0.25) is 0 Å². The molecule has 8 heteroatoms. The zero-order valence-electron chi connectivity index (χ0n) is 25.8. The lowest BCUT2D eigenvalue weighted by Gasteiger charge is -2.10. The third-order valence-corrected chi connectivity index (χ3v) is 9.99. The van der Waals surface area contributed by atoms with E-state index in [0.717, 1.165) is 16.7 Å². The van der Waals surface area contributed by atoms with Gasteiger partial charge in [0.15, 0.2) is 0 Å². The number of hydrogen-bond acceptors (Lipinski definition) is 6. The van der Waals surface area contributed by atoms with Crippen molar-refractivity contribution in [3.63, 3.8) is 0 Å². The van der Waals surface area contributed by atoms with E-state index in [1.165, 1.54) is 12.1 Å². The molecule has 0 aliphatic rings. The average molecular weight is 631 g/mol. The van der Waals surface area contributed by atoms with Gasteiger partial charge >= 0.3 is 0 Å². The fourth-order valence-electron chi connectivity index (χ4n) is 4.11. The fraction of sp³-hybridized carbons (Fsp3) is 0.167. The Kier molecular flexibility index (Phi) is 11.9. The number of ether oxygens (including phenoxy) is 2. The molecule has 0 radical (unpaired) electrons. The number of sulfone groups is 2. The Bertz CT molecular complexity index is 1830. The van der Waals surface area contributed by atoms with Gasteiger partial charge in [-0.1, -0.05) is 69.7 Å². The van der Waals surface area contributed by atoms with Gasteiger partial charge in [0.25, 0.3) is 0 Å². The van der Waals surface area contributed by atoms with Gasteiger partial charge in [-0.05, 0) is 103 Å². The minimum atomic E-state index is -3.75. The van der Waals surface area contributed by atoms with Crippen LogP contribution in [0, 0.1) is 6.92 Å². The van der Waals surface area contributed by atoms with Crippen LogP contribution in [-0.2, 0) is 19.7 Å². The first-order chi connectivity index (χ1) is 21.2. The molecule has 0 spiro atoms. The Hall–Kier alpha value is -4.40. The van der Waals surface area contributed by atoms with E-state index in [9.17, 15) is 16.8 Å². The molecular formula is C36H38O6S2. The second-order valence-corrected chi connectivity index (χ2v) is 13.0. The van der Waals surface area contributed by atoms with Crippen LogP contribution < -0.4 is 9.47 Å². The summed E-state index contributed by atoms with van der Waals surface area (Å²) in [6.45, 7) is 9.90. The van der Waals surface area contributed by atoms with Crippen molar-refractivity contribution >= 4 is 19.7 Å². The molecule has 0 saturated carbocycles. The highest BCUT2D eigenvalue weighted by atomic mass is 32.2. The maximum atomic E-state index is 13.2. The zero-order chi connectivity index (χ0) is 32.3. The summed E-state index contributed by atoms with van der Waals surface area (Å²) >= 11 is 0. The molecule has 0 N–H and O–H groups in total. The molecule has 0 atom stereocenters. The highest BCUT2D eigenvalue weighted by Crippen LogP contribution is 2.30. The van der Waals surface area contributed by atoms with E-state index in [0.29, 0.717) is 17.2 Å². The van der Waals surface area contributed by atoms with Gasteiger partial charge in [-0.15, -0.1) is 0 Å². The summed E-state index contributed by atoms with van der Waals surface area (Å²) in [5.74, 6) is 1.82. The highest BCUT2D eigenvalue weighted by Gasteiger charge is 2.19. The van der Waals surface area contributed by atoms with Crippen LogP contribution in [-0.4, -0.2) is 23.9 Å². The second kappa shape index (κ2) is 15.4. The Morgan fingerprint density at radius 1 is 0.409 bits per heavy atom. The molecule has 6 nitrogen and oxygen atoms in total. The average Bonchev–Trinajstić information content (AvgIpc) is 3.07. The lowest BCUT2D eigenvalue weighted by molar-refractivity contribution is 0.413. The first-order valence-corrected chi connectivity index (χ1v) is 17.3. The smallest absolute Gasteiger partial charge is 0.206 e. The molecule has 0 aliphatic carbocycles. The van der Waals surface area contributed by atoms with Gasteiger partial charge in [-0.25, -0.2) is 16.8 Å². The van der Waals surface area contributed by atoms with Crippen molar-refractivity contribution in [3.05, 3.63) is 127 Å². The van der Waals surface area contributed by atoms with Crippen molar-refractivity contribution in [2.75, 3.05) is 7.11 Å². The summed E-state index contributed by atoms with van der Waals surface area (Å²) in [4.78, 5) is 0.728. The second-order valence-electron chi connectivity index (χ2n) is 9.12. The van der Waals surface area contributed by atoms with E-state index >= 15 is 0 Å². The third-order valence-electron chi connectivity index (χ3n) is 6.42. The van der Waals surface area contributed by atoms with E-state index in [4.69, 9.17) is 9.47 Å². The summed E-state index contributed by atoms with van der Waals surface area (Å²) in [5.41, 5.74) is 2.52. The van der Waals surface area contributed by atoms with Gasteiger partial charge < -0.3 is 9.47 Å². The first-order valence-electron chi connectivity index (χ1n) is 14.4. The number of aryl methyl sites for hydroxylation is 1. The van der Waals surface area contributed by atoms with Gasteiger partial charge in [0, 0.05) is 0 Å². The maximum absolute atomic E-state index is 13.2. The largest absolute Gasteiger partial charge is 0.497 e. The van der Waals surface area contributed by atoms with Gasteiger partial charge in [0.2, 0.25) is 19.7 Å². The van der Waals surface area contributed by atoms with E-state index in [1.54, 1.807) is 116 Å². The van der Waals surface area contributed by atoms with Gasteiger partial charge in [-0.2, -0.15) is 0 Å². The molecule has 0 heterocycles. The van der Waals surface area contributed by atoms with E-state index in [2.05, 4.69) is 0 Å². The molecule has 0 aliphatic heterocycles. The number of benzene rings is 5. The fourth-order valence-corrected chi connectivity index (χ4v) is 6.63. The van der Waals surface area contributed by atoms with Crippen molar-refractivity contribution < 1.29 is 26.3 Å². The van der Waals surface area contributed by atoms with Crippen LogP contribution in [0.25, 0.3) is 11.1 Å². The van der Waals surface area contributed by atoms with Crippen LogP contribution in [0.3, 0.4) is 0 Å². The van der Waals surface area contributed by atoms with E-state index in [-0.39, 0.29) is 19.6 Å². The Labute approximate surface area is 261 Å². The van der Waals surface area contributed by atoms with E-state index in [1.807, 2.05) is 34.6 Å². The van der Waals surface area contributed by atoms with Crippen molar-refractivity contribution in [3.8, 4) is 28.4 Å². The lowest BCUT2D eigenvalue weighted by Crippen LogP contribution is -2.02. The molecule has 0 saturated heterocycles. The lowest BCUT2D eigenvalue weighted by atomic mass is 10.1. The number of hydrogen-bond donors (Lipinski definition) is 0. The molecule has 0 fully saturated rings. The zero-order valence-corrected chi connectivity index (χ0v) is 27.4. The molecule has 0 bridgehead atoms. The van der Waals surface area contributed by atoms with Gasteiger partial charge in [0.05, 0.1) is 26.7 Å². The van der Waals surface area contributed by atoms with Crippen LogP contribution >= 0.6 is 0 Å². The minimum Gasteiger partial charge on any atom is -0.497 e. The summed E-state index contributed by atoms with van der Waals surface area (Å²) in [7, 11) is -5.79. The Balaban J connectivity index is 0.00000127. The summed E-state index contributed by atoms with van der Waals surface area (Å²) in [6, 6.07) is 33.1. The van der Waals surface area contributed by atoms with Crippen molar-refractivity contribution in [2.45, 2.75) is 54.2 Å². The van der Waals surface area contributed by atoms with Crippen LogP contribution in [0.1, 0.15) is 33.3 Å². The molecule has 0 unspecified atom stereocenters. The Morgan fingerprint density at radius 3 is 1.02 bits per heavy atom. The quantitative estimate of drug-likeness (QED) is 0.170. The van der Waals surface area contributed by atoms with Crippen LogP contribution in [0.15, 0.2) is 141 Å². The predicted molar refractivity (Wildman–Crippen MR) is 176 cm³/mol.